The van der Waals surface area contributed by atoms with Crippen molar-refractivity contribution in [1.29, 1.82) is 0 Å². The highest BCUT2D eigenvalue weighted by Gasteiger charge is 1.88. The Kier molecular flexibility index (Phi) is 1.85. The van der Waals surface area contributed by atoms with Gasteiger partial charge in [-0.3, -0.25) is 9.78 Å². The number of carbonyl (C=O) groups excluding carboxylic acids is 1. The van der Waals surface area contributed by atoms with Crippen molar-refractivity contribution in [1.82, 2.24) is 4.98 Å². The van der Waals surface area contributed by atoms with E-state index in [4.69, 9.17) is 0 Å². The highest BCUT2D eigenvalue weighted by Crippen LogP contribution is 2.03. The largest absolute Gasteiger partial charge is 0.298 e. The second-order valence-electron chi connectivity index (χ2n) is 1.59. The number of thiol groups is 1. The van der Waals surface area contributed by atoms with Gasteiger partial charge in [0.05, 0.1) is 0 Å². The topological polar surface area (TPSA) is 30.0 Å². The number of aldehydes is 1. The second kappa shape index (κ2) is 2.64. The van der Waals surface area contributed by atoms with Gasteiger partial charge in [0, 0.05) is 22.9 Å². The molecule has 0 atom stereocenters. The molecule has 0 aliphatic rings. The lowest BCUT2D eigenvalue weighted by Crippen LogP contribution is -1.80. The third kappa shape index (κ3) is 1.54. The summed E-state index contributed by atoms with van der Waals surface area (Å²) in [6, 6.07) is 1.66. The molecule has 1 heterocycles. The summed E-state index contributed by atoms with van der Waals surface area (Å²) in [6.45, 7) is 0. The summed E-state index contributed by atoms with van der Waals surface area (Å²) in [7, 11) is 0. The standard InChI is InChI=1S/C6H5NOS/c8-4-5-1-6(9)3-7-2-5/h1-4,9H. The molecule has 0 amide bonds. The molecule has 9 heavy (non-hydrogen) atoms. The van der Waals surface area contributed by atoms with Gasteiger partial charge in [0.15, 0.2) is 6.29 Å². The molecule has 1 rings (SSSR count). The van der Waals surface area contributed by atoms with Crippen molar-refractivity contribution in [3.05, 3.63) is 24.0 Å². The summed E-state index contributed by atoms with van der Waals surface area (Å²) in [5.41, 5.74) is 0.558. The Labute approximate surface area is 58.3 Å². The van der Waals surface area contributed by atoms with E-state index in [1.807, 2.05) is 0 Å². The number of carbonyl (C=O) groups is 1. The van der Waals surface area contributed by atoms with Crippen molar-refractivity contribution in [2.24, 2.45) is 0 Å². The molecule has 0 aromatic carbocycles. The average molecular weight is 139 g/mol. The molecule has 0 N–H and O–H groups in total. The van der Waals surface area contributed by atoms with E-state index < -0.39 is 0 Å². The van der Waals surface area contributed by atoms with Crippen molar-refractivity contribution < 1.29 is 4.79 Å². The summed E-state index contributed by atoms with van der Waals surface area (Å²) in [4.78, 5) is 14.5. The Hall–Kier alpha value is -0.830. The smallest absolute Gasteiger partial charge is 0.151 e. The van der Waals surface area contributed by atoms with E-state index in [0.29, 0.717) is 10.5 Å². The molecule has 0 aliphatic heterocycles. The molecule has 2 nitrogen and oxygen atoms in total. The predicted molar refractivity (Wildman–Crippen MR) is 36.9 cm³/mol. The quantitative estimate of drug-likeness (QED) is 0.467. The third-order valence-electron chi connectivity index (χ3n) is 0.881. The van der Waals surface area contributed by atoms with Gasteiger partial charge in [-0.25, -0.2) is 0 Å². The fraction of sp³-hybridized carbons (Fsp3) is 0. The normalized spacial score (nSPS) is 9.00. The molecule has 0 aliphatic carbocycles. The van der Waals surface area contributed by atoms with Crippen LogP contribution in [0.1, 0.15) is 10.4 Å². The summed E-state index contributed by atoms with van der Waals surface area (Å²) >= 11 is 3.99. The van der Waals surface area contributed by atoms with Gasteiger partial charge in [-0.1, -0.05) is 0 Å². The van der Waals surface area contributed by atoms with Crippen LogP contribution >= 0.6 is 12.6 Å². The van der Waals surface area contributed by atoms with Crippen LogP contribution in [-0.4, -0.2) is 11.3 Å². The van der Waals surface area contributed by atoms with Crippen molar-refractivity contribution in [2.75, 3.05) is 0 Å². The average Bonchev–Trinajstić information content (AvgIpc) is 1.88. The van der Waals surface area contributed by atoms with Crippen molar-refractivity contribution in [3.8, 4) is 0 Å². The van der Waals surface area contributed by atoms with Crippen LogP contribution in [0.25, 0.3) is 0 Å². The second-order valence-corrected chi connectivity index (χ2v) is 2.11. The molecule has 0 saturated carbocycles. The van der Waals surface area contributed by atoms with Crippen molar-refractivity contribution in [2.45, 2.75) is 4.90 Å². The molecule has 0 bridgehead atoms. The molecule has 0 saturated heterocycles. The number of pyridine rings is 1. The number of nitrogens with zero attached hydrogens (tertiary/aromatic N) is 1. The van der Waals surface area contributed by atoms with Gasteiger partial charge in [-0.2, -0.15) is 0 Å². The fourth-order valence-corrected chi connectivity index (χ4v) is 0.725. The zero-order valence-corrected chi connectivity index (χ0v) is 5.51. The number of hydrogen-bond donors (Lipinski definition) is 1. The van der Waals surface area contributed by atoms with Crippen molar-refractivity contribution >= 4 is 18.9 Å². The summed E-state index contributed by atoms with van der Waals surface area (Å²) in [6.07, 6.45) is 3.82. The van der Waals surface area contributed by atoms with E-state index in [9.17, 15) is 4.79 Å². The van der Waals surface area contributed by atoms with Gasteiger partial charge in [-0.15, -0.1) is 12.6 Å². The van der Waals surface area contributed by atoms with E-state index in [-0.39, 0.29) is 0 Å². The van der Waals surface area contributed by atoms with Gasteiger partial charge in [-0.05, 0) is 6.07 Å². The summed E-state index contributed by atoms with van der Waals surface area (Å²) in [5.74, 6) is 0. The first-order chi connectivity index (χ1) is 4.33. The summed E-state index contributed by atoms with van der Waals surface area (Å²) in [5, 5.41) is 0. The number of rotatable bonds is 1. The van der Waals surface area contributed by atoms with E-state index in [1.165, 1.54) is 6.20 Å². The van der Waals surface area contributed by atoms with Gasteiger partial charge in [0.25, 0.3) is 0 Å². The monoisotopic (exact) mass is 139 g/mol. The van der Waals surface area contributed by atoms with Crippen molar-refractivity contribution in [3.63, 3.8) is 0 Å². The van der Waals surface area contributed by atoms with Crippen LogP contribution in [0.15, 0.2) is 23.4 Å². The van der Waals surface area contributed by atoms with Crippen LogP contribution in [0.2, 0.25) is 0 Å². The molecule has 0 unspecified atom stereocenters. The van der Waals surface area contributed by atoms with E-state index in [2.05, 4.69) is 17.6 Å². The molecule has 0 fully saturated rings. The lowest BCUT2D eigenvalue weighted by Gasteiger charge is -1.88. The van der Waals surface area contributed by atoms with E-state index >= 15 is 0 Å². The maximum absolute atomic E-state index is 10.1. The highest BCUT2D eigenvalue weighted by molar-refractivity contribution is 7.80. The van der Waals surface area contributed by atoms with Gasteiger partial charge < -0.3 is 0 Å². The fourth-order valence-electron chi connectivity index (χ4n) is 0.509. The molecule has 1 aromatic rings. The molecule has 3 heteroatoms. The van der Waals surface area contributed by atoms with Crippen LogP contribution in [-0.2, 0) is 0 Å². The van der Waals surface area contributed by atoms with E-state index in [1.54, 1.807) is 12.3 Å². The van der Waals surface area contributed by atoms with Crippen LogP contribution in [0.4, 0.5) is 0 Å². The SMILES string of the molecule is O=Cc1cncc(S)c1. The number of hydrogen-bond acceptors (Lipinski definition) is 3. The Balaban J connectivity index is 3.07. The van der Waals surface area contributed by atoms with Gasteiger partial charge in [0.1, 0.15) is 0 Å². The lowest BCUT2D eigenvalue weighted by atomic mass is 10.3. The molecule has 1 aromatic heterocycles. The minimum atomic E-state index is 0.558. The Morgan fingerprint density at radius 1 is 1.56 bits per heavy atom. The predicted octanol–water partition coefficient (Wildman–Crippen LogP) is 1.18. The minimum Gasteiger partial charge on any atom is -0.298 e. The number of aromatic nitrogens is 1. The van der Waals surface area contributed by atoms with Crippen LogP contribution in [0.5, 0.6) is 0 Å². The highest BCUT2D eigenvalue weighted by atomic mass is 32.1. The minimum absolute atomic E-state index is 0.558. The van der Waals surface area contributed by atoms with Crippen LogP contribution in [0, 0.1) is 0 Å². The maximum Gasteiger partial charge on any atom is 0.151 e. The van der Waals surface area contributed by atoms with Crippen LogP contribution < -0.4 is 0 Å². The third-order valence-corrected chi connectivity index (χ3v) is 1.13. The molecular weight excluding hydrogens is 134 g/mol. The molecular formula is C6H5NOS. The Bertz CT molecular complexity index is 224. The summed E-state index contributed by atoms with van der Waals surface area (Å²) < 4.78 is 0. The van der Waals surface area contributed by atoms with E-state index in [0.717, 1.165) is 6.29 Å². The van der Waals surface area contributed by atoms with Gasteiger partial charge >= 0.3 is 0 Å². The zero-order valence-electron chi connectivity index (χ0n) is 4.61. The van der Waals surface area contributed by atoms with Crippen LogP contribution in [0.3, 0.4) is 0 Å². The molecule has 46 valence electrons. The first kappa shape index (κ1) is 6.29. The zero-order chi connectivity index (χ0) is 6.69. The Morgan fingerprint density at radius 2 is 2.33 bits per heavy atom. The van der Waals surface area contributed by atoms with Gasteiger partial charge in [0.2, 0.25) is 0 Å². The molecule has 0 spiro atoms. The first-order valence-corrected chi connectivity index (χ1v) is 2.87. The maximum atomic E-state index is 10.1. The first-order valence-electron chi connectivity index (χ1n) is 2.42. The lowest BCUT2D eigenvalue weighted by molar-refractivity contribution is 0.112. The Morgan fingerprint density at radius 3 is 2.78 bits per heavy atom. The molecule has 0 radical (unpaired) electrons.